The topological polar surface area (TPSA) is 12.5 Å². The van der Waals surface area contributed by atoms with E-state index in [0.717, 1.165) is 26.3 Å². The summed E-state index contributed by atoms with van der Waals surface area (Å²) in [5.74, 6) is 0. The molecule has 0 fully saturated rings. The summed E-state index contributed by atoms with van der Waals surface area (Å²) in [7, 11) is 0. The third-order valence-electron chi connectivity index (χ3n) is 3.76. The van der Waals surface area contributed by atoms with Crippen molar-refractivity contribution in [3.8, 4) is 0 Å². The molecule has 0 amide bonds. The van der Waals surface area contributed by atoms with E-state index in [-0.39, 0.29) is 0 Å². The highest BCUT2D eigenvalue weighted by atomic mass is 32.1. The van der Waals surface area contributed by atoms with Gasteiger partial charge in [0, 0.05) is 19.7 Å². The molecule has 0 aliphatic carbocycles. The zero-order valence-electron chi connectivity index (χ0n) is 14.1. The molecular weight excluding hydrogens is 298 g/mol. The standard InChI is InChI=1S/C17H35NOS2/c1-3-5-6-7-8-9-10-11-12-13-14-18(17(20)21)15-16-19-4-2/h3-16H2,1-2H3,(H,20,21). The third kappa shape index (κ3) is 14.9. The first-order chi connectivity index (χ1) is 10.2. The number of rotatable bonds is 15. The Morgan fingerprint density at radius 1 is 0.857 bits per heavy atom. The highest BCUT2D eigenvalue weighted by Gasteiger charge is 2.05. The van der Waals surface area contributed by atoms with Crippen molar-refractivity contribution in [2.24, 2.45) is 0 Å². The second-order valence-corrected chi connectivity index (χ2v) is 6.76. The molecule has 0 aromatic heterocycles. The largest absolute Gasteiger partial charge is 0.380 e. The van der Waals surface area contributed by atoms with Crippen LogP contribution in [-0.2, 0) is 4.74 Å². The molecule has 0 unspecified atom stereocenters. The van der Waals surface area contributed by atoms with Gasteiger partial charge in [-0.15, -0.1) is 12.6 Å². The highest BCUT2D eigenvalue weighted by Crippen LogP contribution is 2.11. The molecule has 0 saturated heterocycles. The van der Waals surface area contributed by atoms with Crippen LogP contribution in [0.1, 0.15) is 78.1 Å². The van der Waals surface area contributed by atoms with Crippen molar-refractivity contribution < 1.29 is 4.74 Å². The number of unbranched alkanes of at least 4 members (excludes halogenated alkanes) is 9. The number of thiocarbonyl (C=S) groups is 1. The number of thiol groups is 1. The molecule has 0 aliphatic heterocycles. The molecule has 0 heterocycles. The van der Waals surface area contributed by atoms with Crippen LogP contribution in [0.5, 0.6) is 0 Å². The first-order valence-electron chi connectivity index (χ1n) is 8.78. The summed E-state index contributed by atoms with van der Waals surface area (Å²) in [6.45, 7) is 7.69. The monoisotopic (exact) mass is 333 g/mol. The number of ether oxygens (including phenoxy) is 1. The summed E-state index contributed by atoms with van der Waals surface area (Å²) in [4.78, 5) is 2.15. The minimum absolute atomic E-state index is 0.700. The van der Waals surface area contributed by atoms with Crippen LogP contribution in [-0.4, -0.2) is 35.5 Å². The maximum Gasteiger partial charge on any atom is 0.133 e. The molecule has 0 saturated carbocycles. The molecule has 0 spiro atoms. The van der Waals surface area contributed by atoms with Crippen molar-refractivity contribution in [2.75, 3.05) is 26.3 Å². The SMILES string of the molecule is CCCCCCCCCCCCN(CCOCC)C(=S)S. The third-order valence-corrected chi connectivity index (χ3v) is 4.30. The second kappa shape index (κ2) is 16.6. The van der Waals surface area contributed by atoms with Crippen molar-refractivity contribution in [3.63, 3.8) is 0 Å². The van der Waals surface area contributed by atoms with Gasteiger partial charge < -0.3 is 9.64 Å². The number of hydrogen-bond acceptors (Lipinski definition) is 2. The Bertz CT molecular complexity index is 237. The summed E-state index contributed by atoms with van der Waals surface area (Å²) in [5, 5.41) is 0. The Morgan fingerprint density at radius 2 is 1.38 bits per heavy atom. The zero-order valence-corrected chi connectivity index (χ0v) is 15.8. The van der Waals surface area contributed by atoms with Crippen LogP contribution >= 0.6 is 24.8 Å². The summed E-state index contributed by atoms with van der Waals surface area (Å²) in [6, 6.07) is 0. The van der Waals surface area contributed by atoms with E-state index in [2.05, 4.69) is 24.5 Å². The predicted octanol–water partition coefficient (Wildman–Crippen LogP) is 5.46. The smallest absolute Gasteiger partial charge is 0.133 e. The molecule has 0 bridgehead atoms. The molecule has 0 N–H and O–H groups in total. The fourth-order valence-corrected chi connectivity index (χ4v) is 2.79. The molecular formula is C17H35NOS2. The first-order valence-corrected chi connectivity index (χ1v) is 9.63. The molecule has 0 atom stereocenters. The first kappa shape index (κ1) is 21.2. The minimum atomic E-state index is 0.700. The van der Waals surface area contributed by atoms with E-state index in [9.17, 15) is 0 Å². The molecule has 126 valence electrons. The van der Waals surface area contributed by atoms with E-state index >= 15 is 0 Å². The van der Waals surface area contributed by atoms with Gasteiger partial charge in [-0.05, 0) is 13.3 Å². The lowest BCUT2D eigenvalue weighted by atomic mass is 10.1. The van der Waals surface area contributed by atoms with E-state index < -0.39 is 0 Å². The van der Waals surface area contributed by atoms with E-state index in [4.69, 9.17) is 17.0 Å². The van der Waals surface area contributed by atoms with Crippen LogP contribution in [0.2, 0.25) is 0 Å². The van der Waals surface area contributed by atoms with Gasteiger partial charge in [-0.1, -0.05) is 76.9 Å². The van der Waals surface area contributed by atoms with E-state index in [0.29, 0.717) is 4.32 Å². The van der Waals surface area contributed by atoms with Gasteiger partial charge in [0.1, 0.15) is 4.32 Å². The maximum absolute atomic E-state index is 5.38. The molecule has 0 radical (unpaired) electrons. The number of nitrogens with zero attached hydrogens (tertiary/aromatic N) is 1. The van der Waals surface area contributed by atoms with Crippen molar-refractivity contribution in [1.29, 1.82) is 0 Å². The molecule has 4 heteroatoms. The van der Waals surface area contributed by atoms with E-state index in [1.807, 2.05) is 6.92 Å². The zero-order chi connectivity index (χ0) is 15.8. The van der Waals surface area contributed by atoms with Crippen molar-refractivity contribution >= 4 is 29.2 Å². The molecule has 0 aliphatic rings. The summed E-state index contributed by atoms with van der Waals surface area (Å²) < 4.78 is 6.08. The Hall–Kier alpha value is 0.200. The van der Waals surface area contributed by atoms with Gasteiger partial charge in [0.05, 0.1) is 6.61 Å². The van der Waals surface area contributed by atoms with E-state index in [1.54, 1.807) is 0 Å². The van der Waals surface area contributed by atoms with Crippen molar-refractivity contribution in [2.45, 2.75) is 78.1 Å². The van der Waals surface area contributed by atoms with Crippen molar-refractivity contribution in [3.05, 3.63) is 0 Å². The van der Waals surface area contributed by atoms with Crippen LogP contribution in [0.15, 0.2) is 0 Å². The van der Waals surface area contributed by atoms with Crippen LogP contribution in [0.3, 0.4) is 0 Å². The summed E-state index contributed by atoms with van der Waals surface area (Å²) >= 11 is 9.47. The van der Waals surface area contributed by atoms with Crippen molar-refractivity contribution in [1.82, 2.24) is 4.90 Å². The van der Waals surface area contributed by atoms with Crippen LogP contribution in [0, 0.1) is 0 Å². The van der Waals surface area contributed by atoms with Crippen LogP contribution in [0.25, 0.3) is 0 Å². The lowest BCUT2D eigenvalue weighted by Crippen LogP contribution is -2.30. The van der Waals surface area contributed by atoms with E-state index in [1.165, 1.54) is 64.2 Å². The number of hydrogen-bond donors (Lipinski definition) is 1. The second-order valence-electron chi connectivity index (χ2n) is 5.65. The Balaban J connectivity index is 3.39. The lowest BCUT2D eigenvalue weighted by Gasteiger charge is -2.22. The van der Waals surface area contributed by atoms with Crippen LogP contribution < -0.4 is 0 Å². The molecule has 21 heavy (non-hydrogen) atoms. The lowest BCUT2D eigenvalue weighted by molar-refractivity contribution is 0.133. The fraction of sp³-hybridized carbons (Fsp3) is 0.941. The predicted molar refractivity (Wildman–Crippen MR) is 101 cm³/mol. The molecule has 2 nitrogen and oxygen atoms in total. The molecule has 0 aromatic carbocycles. The average Bonchev–Trinajstić information content (AvgIpc) is 2.47. The normalized spacial score (nSPS) is 10.8. The summed E-state index contributed by atoms with van der Waals surface area (Å²) in [5.41, 5.74) is 0. The molecule has 0 rings (SSSR count). The quantitative estimate of drug-likeness (QED) is 0.243. The molecule has 0 aromatic rings. The highest BCUT2D eigenvalue weighted by molar-refractivity contribution is 8.10. The van der Waals surface area contributed by atoms with Gasteiger partial charge in [-0.2, -0.15) is 0 Å². The maximum atomic E-state index is 5.38. The van der Waals surface area contributed by atoms with Gasteiger partial charge in [-0.3, -0.25) is 0 Å². The Labute approximate surface area is 143 Å². The minimum Gasteiger partial charge on any atom is -0.380 e. The fourth-order valence-electron chi connectivity index (χ4n) is 2.41. The summed E-state index contributed by atoms with van der Waals surface area (Å²) in [6.07, 6.45) is 13.7. The van der Waals surface area contributed by atoms with Crippen LogP contribution in [0.4, 0.5) is 0 Å². The Morgan fingerprint density at radius 3 is 1.86 bits per heavy atom. The van der Waals surface area contributed by atoms with Gasteiger partial charge in [0.2, 0.25) is 0 Å². The van der Waals surface area contributed by atoms with Gasteiger partial charge >= 0.3 is 0 Å². The average molecular weight is 334 g/mol. The van der Waals surface area contributed by atoms with Gasteiger partial charge in [0.15, 0.2) is 0 Å². The van der Waals surface area contributed by atoms with Gasteiger partial charge in [-0.25, -0.2) is 0 Å². The Kier molecular flexibility index (Phi) is 16.7. The van der Waals surface area contributed by atoms with Gasteiger partial charge in [0.25, 0.3) is 0 Å².